The zero-order valence-electron chi connectivity index (χ0n) is 16.7. The molecule has 1 unspecified atom stereocenters. The van der Waals surface area contributed by atoms with Gasteiger partial charge in [-0.25, -0.2) is 4.68 Å². The van der Waals surface area contributed by atoms with E-state index in [1.165, 1.54) is 10.8 Å². The van der Waals surface area contributed by atoms with Gasteiger partial charge in [0.05, 0.1) is 18.5 Å². The summed E-state index contributed by atoms with van der Waals surface area (Å²) in [5.41, 5.74) is 2.29. The molecule has 6 nitrogen and oxygen atoms in total. The van der Waals surface area contributed by atoms with E-state index in [4.69, 9.17) is 4.74 Å². The Hall–Kier alpha value is -2.93. The van der Waals surface area contributed by atoms with E-state index in [0.717, 1.165) is 11.3 Å². The van der Waals surface area contributed by atoms with Crippen LogP contribution >= 0.6 is 15.9 Å². The van der Waals surface area contributed by atoms with Crippen LogP contribution in [0.25, 0.3) is 0 Å². The number of benzene rings is 1. The molecule has 7 heteroatoms. The summed E-state index contributed by atoms with van der Waals surface area (Å²) in [4.78, 5) is 25.7. The predicted molar refractivity (Wildman–Crippen MR) is 118 cm³/mol. The van der Waals surface area contributed by atoms with Crippen LogP contribution in [0, 0.1) is 6.92 Å². The first-order chi connectivity index (χ1) is 13.8. The van der Waals surface area contributed by atoms with Gasteiger partial charge < -0.3 is 10.1 Å². The van der Waals surface area contributed by atoms with Crippen LogP contribution < -0.4 is 15.6 Å². The van der Waals surface area contributed by atoms with E-state index < -0.39 is 6.04 Å². The van der Waals surface area contributed by atoms with Gasteiger partial charge in [-0.15, -0.1) is 0 Å². The molecule has 1 heterocycles. The van der Waals surface area contributed by atoms with Crippen LogP contribution in [0.1, 0.15) is 29.8 Å². The number of ether oxygens (including phenoxy) is 1. The molecule has 0 saturated carbocycles. The second-order valence-corrected chi connectivity index (χ2v) is 7.43. The molecule has 1 aromatic heterocycles. The SMILES string of the molecule is C=C/C=C(/NC(=O)C(C)n1nc(C)cc(Cc2cccc(OC)c2)c1=O)C(=C)Br. The summed E-state index contributed by atoms with van der Waals surface area (Å²) in [6.07, 6.45) is 3.56. The quantitative estimate of drug-likeness (QED) is 0.611. The highest BCUT2D eigenvalue weighted by Crippen LogP contribution is 2.16. The monoisotopic (exact) mass is 457 g/mol. The smallest absolute Gasteiger partial charge is 0.271 e. The van der Waals surface area contributed by atoms with E-state index in [1.54, 1.807) is 33.1 Å². The minimum Gasteiger partial charge on any atom is -0.497 e. The Morgan fingerprint density at radius 3 is 2.76 bits per heavy atom. The van der Waals surface area contributed by atoms with Gasteiger partial charge in [0.15, 0.2) is 0 Å². The maximum Gasteiger partial charge on any atom is 0.271 e. The molecule has 0 saturated heterocycles. The number of allylic oxidation sites excluding steroid dienone is 3. The lowest BCUT2D eigenvalue weighted by Crippen LogP contribution is -2.38. The third-order valence-corrected chi connectivity index (χ3v) is 4.67. The predicted octanol–water partition coefficient (Wildman–Crippen LogP) is 3.81. The fourth-order valence-electron chi connectivity index (χ4n) is 2.76. The van der Waals surface area contributed by atoms with Crippen molar-refractivity contribution >= 4 is 21.8 Å². The number of carbonyl (C=O) groups excluding carboxylic acids is 1. The van der Waals surface area contributed by atoms with Crippen molar-refractivity contribution in [1.82, 2.24) is 15.1 Å². The second kappa shape index (κ2) is 10.0. The van der Waals surface area contributed by atoms with Crippen LogP contribution in [0.2, 0.25) is 0 Å². The molecule has 0 bridgehead atoms. The summed E-state index contributed by atoms with van der Waals surface area (Å²) >= 11 is 3.24. The summed E-state index contributed by atoms with van der Waals surface area (Å²) in [6, 6.07) is 8.45. The van der Waals surface area contributed by atoms with E-state index >= 15 is 0 Å². The molecule has 0 aliphatic carbocycles. The van der Waals surface area contributed by atoms with Crippen LogP contribution in [0.15, 0.2) is 70.6 Å². The van der Waals surface area contributed by atoms with Crippen LogP contribution in [0.4, 0.5) is 0 Å². The highest BCUT2D eigenvalue weighted by atomic mass is 79.9. The minimum atomic E-state index is -0.813. The third-order valence-electron chi connectivity index (χ3n) is 4.24. The second-order valence-electron chi connectivity index (χ2n) is 6.48. The standard InChI is InChI=1S/C22H24BrN3O3/c1-6-8-20(15(3)23)24-21(27)16(4)26-22(28)18(11-14(2)25-26)12-17-9-7-10-19(13-17)29-5/h6-11,13,16H,1,3,12H2,2,4-5H3,(H,24,27)/b20-8+. The molecule has 29 heavy (non-hydrogen) atoms. The number of aromatic nitrogens is 2. The first-order valence-electron chi connectivity index (χ1n) is 8.97. The van der Waals surface area contributed by atoms with Crippen molar-refractivity contribution in [2.24, 2.45) is 0 Å². The molecular weight excluding hydrogens is 434 g/mol. The number of methoxy groups -OCH3 is 1. The van der Waals surface area contributed by atoms with Crippen molar-refractivity contribution in [2.45, 2.75) is 26.3 Å². The Morgan fingerprint density at radius 2 is 2.14 bits per heavy atom. The largest absolute Gasteiger partial charge is 0.497 e. The molecule has 1 amide bonds. The summed E-state index contributed by atoms with van der Waals surface area (Å²) in [5.74, 6) is 0.337. The summed E-state index contributed by atoms with van der Waals surface area (Å²) < 4.78 is 6.96. The molecule has 0 fully saturated rings. The Morgan fingerprint density at radius 1 is 1.41 bits per heavy atom. The van der Waals surface area contributed by atoms with Gasteiger partial charge in [0.25, 0.3) is 5.56 Å². The zero-order valence-corrected chi connectivity index (χ0v) is 18.3. The molecule has 0 aliphatic rings. The number of rotatable bonds is 8. The molecule has 0 radical (unpaired) electrons. The van der Waals surface area contributed by atoms with Crippen molar-refractivity contribution in [1.29, 1.82) is 0 Å². The Labute approximate surface area is 178 Å². The number of hydrogen-bond donors (Lipinski definition) is 1. The number of nitrogens with zero attached hydrogens (tertiary/aromatic N) is 2. The summed E-state index contributed by atoms with van der Waals surface area (Å²) in [5, 5.41) is 7.01. The van der Waals surface area contributed by atoms with Gasteiger partial charge in [-0.2, -0.15) is 5.10 Å². The molecule has 1 aromatic carbocycles. The van der Waals surface area contributed by atoms with Gasteiger partial charge in [0.1, 0.15) is 11.8 Å². The minimum absolute atomic E-state index is 0.312. The van der Waals surface area contributed by atoms with Crippen molar-refractivity contribution < 1.29 is 9.53 Å². The van der Waals surface area contributed by atoms with E-state index in [-0.39, 0.29) is 11.5 Å². The molecule has 2 rings (SSSR count). The van der Waals surface area contributed by atoms with E-state index in [0.29, 0.717) is 27.9 Å². The van der Waals surface area contributed by atoms with E-state index in [9.17, 15) is 9.59 Å². The lowest BCUT2D eigenvalue weighted by Gasteiger charge is -2.17. The van der Waals surface area contributed by atoms with E-state index in [2.05, 4.69) is 39.5 Å². The first-order valence-corrected chi connectivity index (χ1v) is 9.76. The highest BCUT2D eigenvalue weighted by molar-refractivity contribution is 9.11. The lowest BCUT2D eigenvalue weighted by atomic mass is 10.1. The topological polar surface area (TPSA) is 73.2 Å². The molecule has 152 valence electrons. The van der Waals surface area contributed by atoms with Gasteiger partial charge in [0, 0.05) is 16.5 Å². The normalized spacial score (nSPS) is 12.2. The molecule has 1 atom stereocenters. The Kier molecular flexibility index (Phi) is 7.73. The average molecular weight is 458 g/mol. The lowest BCUT2D eigenvalue weighted by molar-refractivity contribution is -0.123. The Bertz CT molecular complexity index is 1020. The van der Waals surface area contributed by atoms with Crippen molar-refractivity contribution in [3.63, 3.8) is 0 Å². The number of amides is 1. The average Bonchev–Trinajstić information content (AvgIpc) is 2.69. The fourth-order valence-corrected chi connectivity index (χ4v) is 2.99. The van der Waals surface area contributed by atoms with Crippen LogP contribution in [0.3, 0.4) is 0 Å². The summed E-state index contributed by atoms with van der Waals surface area (Å²) in [7, 11) is 1.60. The molecule has 0 spiro atoms. The maximum absolute atomic E-state index is 13.0. The summed E-state index contributed by atoms with van der Waals surface area (Å²) in [6.45, 7) is 10.8. The maximum atomic E-state index is 13.0. The Balaban J connectivity index is 2.35. The third kappa shape index (κ3) is 5.77. The first kappa shape index (κ1) is 22.4. The number of halogens is 1. The van der Waals surface area contributed by atoms with Crippen LogP contribution in [0.5, 0.6) is 5.75 Å². The van der Waals surface area contributed by atoms with Gasteiger partial charge in [-0.3, -0.25) is 9.59 Å². The van der Waals surface area contributed by atoms with Crippen molar-refractivity contribution in [3.8, 4) is 5.75 Å². The zero-order chi connectivity index (χ0) is 21.6. The van der Waals surface area contributed by atoms with E-state index in [1.807, 2.05) is 24.3 Å². The van der Waals surface area contributed by atoms with Gasteiger partial charge >= 0.3 is 0 Å². The van der Waals surface area contributed by atoms with Crippen molar-refractivity contribution in [2.75, 3.05) is 7.11 Å². The van der Waals surface area contributed by atoms with Crippen LogP contribution in [-0.2, 0) is 11.2 Å². The van der Waals surface area contributed by atoms with Gasteiger partial charge in [-0.05, 0) is 59.6 Å². The molecular formula is C22H24BrN3O3. The molecule has 0 aliphatic heterocycles. The number of carbonyl (C=O) groups is 1. The van der Waals surface area contributed by atoms with Gasteiger partial charge in [0.2, 0.25) is 5.91 Å². The van der Waals surface area contributed by atoms with Crippen molar-refractivity contribution in [3.05, 3.63) is 93.0 Å². The number of nitrogens with one attached hydrogen (secondary N) is 1. The number of aryl methyl sites for hydroxylation is 1. The van der Waals surface area contributed by atoms with Crippen LogP contribution in [-0.4, -0.2) is 22.8 Å². The number of hydrogen-bond acceptors (Lipinski definition) is 4. The molecule has 2 aromatic rings. The fraction of sp³-hybridized carbons (Fsp3) is 0.227. The molecule has 1 N–H and O–H groups in total. The van der Waals surface area contributed by atoms with Gasteiger partial charge in [-0.1, -0.05) is 31.4 Å². The highest BCUT2D eigenvalue weighted by Gasteiger charge is 2.20.